The van der Waals surface area contributed by atoms with Crippen molar-refractivity contribution in [2.45, 2.75) is 39.7 Å². The van der Waals surface area contributed by atoms with Crippen molar-refractivity contribution in [3.05, 3.63) is 12.2 Å². The molecule has 3 nitrogen and oxygen atoms in total. The van der Waals surface area contributed by atoms with Gasteiger partial charge in [0.15, 0.2) is 5.78 Å². The van der Waals surface area contributed by atoms with Crippen molar-refractivity contribution >= 4 is 5.78 Å². The molecule has 1 saturated carbocycles. The van der Waals surface area contributed by atoms with E-state index in [4.69, 9.17) is 5.11 Å². The van der Waals surface area contributed by atoms with Crippen molar-refractivity contribution in [2.75, 3.05) is 13.2 Å². The summed E-state index contributed by atoms with van der Waals surface area (Å²) < 4.78 is 0. The van der Waals surface area contributed by atoms with Gasteiger partial charge in [0.1, 0.15) is 0 Å². The summed E-state index contributed by atoms with van der Waals surface area (Å²) in [7, 11) is 0. The van der Waals surface area contributed by atoms with Gasteiger partial charge >= 0.3 is 0 Å². The van der Waals surface area contributed by atoms with Crippen LogP contribution >= 0.6 is 0 Å². The van der Waals surface area contributed by atoms with E-state index < -0.39 is 0 Å². The van der Waals surface area contributed by atoms with E-state index in [0.29, 0.717) is 12.0 Å². The molecule has 0 aromatic rings. The lowest BCUT2D eigenvalue weighted by Crippen LogP contribution is -2.51. The molecule has 3 heteroatoms. The highest BCUT2D eigenvalue weighted by Gasteiger charge is 2.58. The first-order valence-electron chi connectivity index (χ1n) is 6.49. The van der Waals surface area contributed by atoms with E-state index in [2.05, 4.69) is 26.1 Å². The minimum absolute atomic E-state index is 0.0478. The summed E-state index contributed by atoms with van der Waals surface area (Å²) in [4.78, 5) is 12.5. The van der Waals surface area contributed by atoms with Crippen LogP contribution in [-0.4, -0.2) is 30.1 Å². The van der Waals surface area contributed by atoms with Crippen LogP contribution in [0, 0.1) is 16.7 Å². The quantitative estimate of drug-likeness (QED) is 0.732. The Labute approximate surface area is 103 Å². The summed E-state index contributed by atoms with van der Waals surface area (Å²) in [5, 5.41) is 12.3. The summed E-state index contributed by atoms with van der Waals surface area (Å²) >= 11 is 0. The number of aliphatic hydroxyl groups is 1. The van der Waals surface area contributed by atoms with Gasteiger partial charge in [0.05, 0.1) is 6.61 Å². The number of hydrogen-bond acceptors (Lipinski definition) is 3. The molecule has 4 atom stereocenters. The molecule has 17 heavy (non-hydrogen) atoms. The van der Waals surface area contributed by atoms with E-state index >= 15 is 0 Å². The van der Waals surface area contributed by atoms with Crippen LogP contribution in [0.4, 0.5) is 0 Å². The first kappa shape index (κ1) is 12.8. The molecule has 96 valence electrons. The SMILES string of the molecule is CC1CC2CC(C)(CN2)C1(C)C(=O)C=CCO. The van der Waals surface area contributed by atoms with Crippen molar-refractivity contribution < 1.29 is 9.90 Å². The molecule has 2 fully saturated rings. The van der Waals surface area contributed by atoms with E-state index in [1.807, 2.05) is 0 Å². The molecule has 1 heterocycles. The maximum atomic E-state index is 12.5. The monoisotopic (exact) mass is 237 g/mol. The lowest BCUT2D eigenvalue weighted by atomic mass is 9.52. The molecule has 0 aromatic carbocycles. The van der Waals surface area contributed by atoms with Crippen LogP contribution in [0.2, 0.25) is 0 Å². The van der Waals surface area contributed by atoms with Gasteiger partial charge in [-0.15, -0.1) is 0 Å². The highest BCUT2D eigenvalue weighted by molar-refractivity contribution is 5.95. The number of carbonyl (C=O) groups excluding carboxylic acids is 1. The van der Waals surface area contributed by atoms with Gasteiger partial charge < -0.3 is 10.4 Å². The molecular formula is C14H23NO2. The van der Waals surface area contributed by atoms with Crippen LogP contribution in [0.25, 0.3) is 0 Å². The molecule has 1 aliphatic heterocycles. The van der Waals surface area contributed by atoms with Crippen molar-refractivity contribution in [3.63, 3.8) is 0 Å². The Morgan fingerprint density at radius 2 is 2.24 bits per heavy atom. The van der Waals surface area contributed by atoms with E-state index in [1.54, 1.807) is 12.2 Å². The molecule has 0 amide bonds. The predicted molar refractivity (Wildman–Crippen MR) is 67.6 cm³/mol. The lowest BCUT2D eigenvalue weighted by Gasteiger charge is -2.49. The highest BCUT2D eigenvalue weighted by Crippen LogP contribution is 2.56. The third-order valence-corrected chi connectivity index (χ3v) is 5.24. The fraction of sp³-hybridized carbons (Fsp3) is 0.786. The summed E-state index contributed by atoms with van der Waals surface area (Å²) in [5.74, 6) is 0.556. The molecule has 0 aromatic heterocycles. The van der Waals surface area contributed by atoms with Crippen LogP contribution < -0.4 is 5.32 Å². The Hall–Kier alpha value is -0.670. The fourth-order valence-electron chi connectivity index (χ4n) is 3.75. The Morgan fingerprint density at radius 3 is 2.88 bits per heavy atom. The third kappa shape index (κ3) is 1.76. The molecule has 1 aliphatic carbocycles. The maximum Gasteiger partial charge on any atom is 0.162 e. The number of carbonyl (C=O) groups is 1. The Balaban J connectivity index is 2.32. The first-order valence-corrected chi connectivity index (χ1v) is 6.49. The van der Waals surface area contributed by atoms with Gasteiger partial charge in [-0.05, 0) is 30.3 Å². The topological polar surface area (TPSA) is 49.3 Å². The van der Waals surface area contributed by atoms with Crippen molar-refractivity contribution in [3.8, 4) is 0 Å². The third-order valence-electron chi connectivity index (χ3n) is 5.24. The molecule has 4 unspecified atom stereocenters. The lowest BCUT2D eigenvalue weighted by molar-refractivity contribution is -0.136. The first-order chi connectivity index (χ1) is 7.94. The largest absolute Gasteiger partial charge is 0.392 e. The van der Waals surface area contributed by atoms with Crippen molar-refractivity contribution in [1.29, 1.82) is 0 Å². The number of ketones is 1. The van der Waals surface area contributed by atoms with Gasteiger partial charge in [-0.1, -0.05) is 26.8 Å². The van der Waals surface area contributed by atoms with Gasteiger partial charge in [0.2, 0.25) is 0 Å². The molecule has 2 aliphatic rings. The predicted octanol–water partition coefficient (Wildman–Crippen LogP) is 1.52. The average molecular weight is 237 g/mol. The van der Waals surface area contributed by atoms with Crippen LogP contribution in [0.15, 0.2) is 12.2 Å². The zero-order valence-electron chi connectivity index (χ0n) is 11.0. The molecule has 2 rings (SSSR count). The van der Waals surface area contributed by atoms with E-state index in [0.717, 1.165) is 19.4 Å². The van der Waals surface area contributed by atoms with Gasteiger partial charge in [-0.25, -0.2) is 0 Å². The normalized spacial score (nSPS) is 45.4. The number of nitrogens with one attached hydrogen (secondary N) is 1. The van der Waals surface area contributed by atoms with Crippen molar-refractivity contribution in [1.82, 2.24) is 5.32 Å². The minimum atomic E-state index is -0.307. The molecule has 0 spiro atoms. The molecule has 2 bridgehead atoms. The summed E-state index contributed by atoms with van der Waals surface area (Å²) in [6.45, 7) is 7.37. The maximum absolute atomic E-state index is 12.5. The highest BCUT2D eigenvalue weighted by atomic mass is 16.2. The zero-order valence-corrected chi connectivity index (χ0v) is 11.0. The van der Waals surface area contributed by atoms with Crippen LogP contribution in [0.3, 0.4) is 0 Å². The summed E-state index contributed by atoms with van der Waals surface area (Å²) in [5.41, 5.74) is -0.259. The van der Waals surface area contributed by atoms with Crippen molar-refractivity contribution in [2.24, 2.45) is 16.7 Å². The number of allylic oxidation sites excluding steroid dienone is 1. The molecule has 1 saturated heterocycles. The number of rotatable bonds is 3. The van der Waals surface area contributed by atoms with Crippen LogP contribution in [0.5, 0.6) is 0 Å². The van der Waals surface area contributed by atoms with Crippen LogP contribution in [-0.2, 0) is 4.79 Å². The minimum Gasteiger partial charge on any atom is -0.392 e. The standard InChI is InChI=1S/C14H23NO2/c1-10-7-11-8-13(2,9-15-11)14(10,3)12(17)5-4-6-16/h4-5,10-11,15-16H,6-9H2,1-3H3. The number of aliphatic hydroxyl groups excluding tert-OH is 1. The Bertz CT molecular complexity index is 352. The van der Waals surface area contributed by atoms with Gasteiger partial charge in [-0.3, -0.25) is 4.79 Å². The van der Waals surface area contributed by atoms with E-state index in [9.17, 15) is 4.79 Å². The smallest absolute Gasteiger partial charge is 0.162 e. The van der Waals surface area contributed by atoms with Gasteiger partial charge in [0, 0.05) is 18.0 Å². The summed E-state index contributed by atoms with van der Waals surface area (Å²) in [6.07, 6.45) is 5.29. The second-order valence-electron chi connectivity index (χ2n) is 6.13. The second-order valence-corrected chi connectivity index (χ2v) is 6.13. The van der Waals surface area contributed by atoms with E-state index in [1.165, 1.54) is 0 Å². The molecular weight excluding hydrogens is 214 g/mol. The second kappa shape index (κ2) is 4.21. The Morgan fingerprint density at radius 1 is 1.53 bits per heavy atom. The molecule has 2 N–H and O–H groups in total. The van der Waals surface area contributed by atoms with Crippen LogP contribution in [0.1, 0.15) is 33.6 Å². The van der Waals surface area contributed by atoms with E-state index in [-0.39, 0.29) is 23.2 Å². The number of hydrogen-bond donors (Lipinski definition) is 2. The molecule has 0 radical (unpaired) electrons. The fourth-order valence-corrected chi connectivity index (χ4v) is 3.75. The van der Waals surface area contributed by atoms with Gasteiger partial charge in [0.25, 0.3) is 0 Å². The average Bonchev–Trinajstić information content (AvgIpc) is 2.63. The van der Waals surface area contributed by atoms with Gasteiger partial charge in [-0.2, -0.15) is 0 Å². The Kier molecular flexibility index (Phi) is 3.17. The number of fused-ring (bicyclic) bond motifs is 2. The summed E-state index contributed by atoms with van der Waals surface area (Å²) in [6, 6.07) is 0.581. The zero-order chi connectivity index (χ0) is 12.7.